The predicted octanol–water partition coefficient (Wildman–Crippen LogP) is 0.393. The van der Waals surface area contributed by atoms with Gasteiger partial charge in [-0.3, -0.25) is 9.78 Å². The van der Waals surface area contributed by atoms with Crippen LogP contribution in [0.3, 0.4) is 0 Å². The van der Waals surface area contributed by atoms with E-state index < -0.39 is 0 Å². The molecule has 20 heavy (non-hydrogen) atoms. The van der Waals surface area contributed by atoms with Crippen LogP contribution in [0.4, 0.5) is 5.95 Å². The largest absolute Gasteiger partial charge is 0.338 e. The molecule has 4 heterocycles. The van der Waals surface area contributed by atoms with E-state index in [9.17, 15) is 0 Å². The van der Waals surface area contributed by atoms with E-state index in [1.165, 1.54) is 12.8 Å². The van der Waals surface area contributed by atoms with Gasteiger partial charge in [0.05, 0.1) is 0 Å². The van der Waals surface area contributed by atoms with Crippen LogP contribution in [-0.2, 0) is 7.05 Å². The van der Waals surface area contributed by atoms with Gasteiger partial charge in [0.25, 0.3) is 0 Å². The van der Waals surface area contributed by atoms with E-state index in [1.807, 2.05) is 13.1 Å². The third kappa shape index (κ3) is 1.89. The molecule has 2 atom stereocenters. The first kappa shape index (κ1) is 11.9. The standard InChI is InChI=1S/C13H19N7/c1-19-11(4-6-15-19)12-16-13(18-17-12)20-7-9-3-2-5-14-10(9)8-20/h4,6,9-10,14H,2-3,5,7-8H2,1H3,(H,16,17,18). The van der Waals surface area contributed by atoms with Gasteiger partial charge in [-0.15, -0.1) is 5.10 Å². The van der Waals surface area contributed by atoms with E-state index in [4.69, 9.17) is 0 Å². The fourth-order valence-corrected chi connectivity index (χ4v) is 3.33. The second-order valence-electron chi connectivity index (χ2n) is 5.69. The molecule has 2 aromatic rings. The van der Waals surface area contributed by atoms with Gasteiger partial charge in [0.15, 0.2) is 5.82 Å². The Morgan fingerprint density at radius 1 is 1.35 bits per heavy atom. The lowest BCUT2D eigenvalue weighted by molar-refractivity contribution is 0.340. The molecule has 2 aliphatic rings. The minimum absolute atomic E-state index is 0.599. The van der Waals surface area contributed by atoms with Crippen LogP contribution >= 0.6 is 0 Å². The molecule has 0 amide bonds. The lowest BCUT2D eigenvalue weighted by atomic mass is 9.94. The van der Waals surface area contributed by atoms with Gasteiger partial charge in [0.2, 0.25) is 5.95 Å². The van der Waals surface area contributed by atoms with Crippen molar-refractivity contribution in [3.8, 4) is 11.5 Å². The first-order valence-corrected chi connectivity index (χ1v) is 7.20. The molecule has 2 fully saturated rings. The van der Waals surface area contributed by atoms with Gasteiger partial charge in [-0.05, 0) is 31.4 Å². The maximum Gasteiger partial charge on any atom is 0.245 e. The highest BCUT2D eigenvalue weighted by atomic mass is 15.4. The van der Waals surface area contributed by atoms with Crippen molar-refractivity contribution in [2.45, 2.75) is 18.9 Å². The lowest BCUT2D eigenvalue weighted by Gasteiger charge is -2.24. The van der Waals surface area contributed by atoms with Crippen molar-refractivity contribution < 1.29 is 0 Å². The molecule has 7 nitrogen and oxygen atoms in total. The highest BCUT2D eigenvalue weighted by Gasteiger charge is 2.35. The molecule has 0 aliphatic carbocycles. The molecule has 0 spiro atoms. The van der Waals surface area contributed by atoms with Crippen molar-refractivity contribution >= 4 is 5.95 Å². The second kappa shape index (κ2) is 4.59. The van der Waals surface area contributed by atoms with Crippen LogP contribution in [-0.4, -0.2) is 50.6 Å². The predicted molar refractivity (Wildman–Crippen MR) is 75.3 cm³/mol. The van der Waals surface area contributed by atoms with Crippen molar-refractivity contribution in [3.63, 3.8) is 0 Å². The Kier molecular flexibility index (Phi) is 2.73. The Morgan fingerprint density at radius 2 is 2.30 bits per heavy atom. The molecule has 2 saturated heterocycles. The summed E-state index contributed by atoms with van der Waals surface area (Å²) in [6.07, 6.45) is 4.36. The zero-order chi connectivity index (χ0) is 13.5. The molecule has 2 aromatic heterocycles. The van der Waals surface area contributed by atoms with Gasteiger partial charge in [0, 0.05) is 32.4 Å². The molecule has 106 valence electrons. The molecule has 2 aliphatic heterocycles. The summed E-state index contributed by atoms with van der Waals surface area (Å²) in [5.74, 6) is 2.32. The number of rotatable bonds is 2. The van der Waals surface area contributed by atoms with Crippen molar-refractivity contribution in [3.05, 3.63) is 12.3 Å². The van der Waals surface area contributed by atoms with Crippen LogP contribution in [0.5, 0.6) is 0 Å². The fourth-order valence-electron chi connectivity index (χ4n) is 3.33. The van der Waals surface area contributed by atoms with E-state index in [-0.39, 0.29) is 0 Å². The topological polar surface area (TPSA) is 74.7 Å². The number of aromatic nitrogens is 5. The Morgan fingerprint density at radius 3 is 3.10 bits per heavy atom. The molecule has 0 aromatic carbocycles. The highest BCUT2D eigenvalue weighted by molar-refractivity contribution is 5.51. The molecule has 2 unspecified atom stereocenters. The number of hydrogen-bond donors (Lipinski definition) is 2. The summed E-state index contributed by atoms with van der Waals surface area (Å²) in [7, 11) is 1.91. The Bertz CT molecular complexity index is 587. The molecule has 4 rings (SSSR count). The Balaban J connectivity index is 1.55. The monoisotopic (exact) mass is 273 g/mol. The molecule has 2 N–H and O–H groups in total. The smallest absolute Gasteiger partial charge is 0.245 e. The normalized spacial score (nSPS) is 25.9. The van der Waals surface area contributed by atoms with Gasteiger partial charge < -0.3 is 10.2 Å². The molecular weight excluding hydrogens is 254 g/mol. The minimum atomic E-state index is 0.599. The third-order valence-corrected chi connectivity index (χ3v) is 4.42. The highest BCUT2D eigenvalue weighted by Crippen LogP contribution is 2.28. The van der Waals surface area contributed by atoms with Gasteiger partial charge in [-0.2, -0.15) is 10.1 Å². The number of piperidine rings is 1. The average Bonchev–Trinajstić information content (AvgIpc) is 3.15. The third-order valence-electron chi connectivity index (χ3n) is 4.42. The first-order chi connectivity index (χ1) is 9.81. The van der Waals surface area contributed by atoms with E-state index >= 15 is 0 Å². The zero-order valence-corrected chi connectivity index (χ0v) is 11.6. The summed E-state index contributed by atoms with van der Waals surface area (Å²) in [5.41, 5.74) is 0.957. The van der Waals surface area contributed by atoms with Crippen LogP contribution in [0.25, 0.3) is 11.5 Å². The molecular formula is C13H19N7. The van der Waals surface area contributed by atoms with Crippen molar-refractivity contribution in [1.82, 2.24) is 30.3 Å². The first-order valence-electron chi connectivity index (χ1n) is 7.20. The number of nitrogens with zero attached hydrogens (tertiary/aromatic N) is 5. The van der Waals surface area contributed by atoms with E-state index in [2.05, 4.69) is 30.5 Å². The summed E-state index contributed by atoms with van der Waals surface area (Å²) >= 11 is 0. The number of nitrogens with one attached hydrogen (secondary N) is 2. The minimum Gasteiger partial charge on any atom is -0.338 e. The molecule has 0 saturated carbocycles. The maximum atomic E-state index is 4.62. The van der Waals surface area contributed by atoms with Crippen LogP contribution in [0.1, 0.15) is 12.8 Å². The zero-order valence-electron chi connectivity index (χ0n) is 11.6. The quantitative estimate of drug-likeness (QED) is 0.828. The fraction of sp³-hybridized carbons (Fsp3) is 0.615. The number of fused-ring (bicyclic) bond motifs is 1. The number of aryl methyl sites for hydroxylation is 1. The van der Waals surface area contributed by atoms with Crippen LogP contribution in [0, 0.1) is 5.92 Å². The summed E-state index contributed by atoms with van der Waals surface area (Å²) in [4.78, 5) is 6.91. The van der Waals surface area contributed by atoms with E-state index in [0.29, 0.717) is 6.04 Å². The van der Waals surface area contributed by atoms with Crippen LogP contribution in [0.2, 0.25) is 0 Å². The number of anilines is 1. The lowest BCUT2D eigenvalue weighted by Crippen LogP contribution is -2.40. The SMILES string of the molecule is Cn1nccc1-c1nc(N2CC3CCCNC3C2)n[nH]1. The van der Waals surface area contributed by atoms with Gasteiger partial charge >= 0.3 is 0 Å². The number of aromatic amines is 1. The average molecular weight is 273 g/mol. The summed E-state index contributed by atoms with van der Waals surface area (Å²) in [6, 6.07) is 2.54. The van der Waals surface area contributed by atoms with Crippen LogP contribution < -0.4 is 10.2 Å². The summed E-state index contributed by atoms with van der Waals surface area (Å²) < 4.78 is 1.80. The summed E-state index contributed by atoms with van der Waals surface area (Å²) in [5, 5.41) is 15.2. The van der Waals surface area contributed by atoms with E-state index in [1.54, 1.807) is 10.9 Å². The molecule has 0 bridgehead atoms. The van der Waals surface area contributed by atoms with Crippen molar-refractivity contribution in [1.29, 1.82) is 0 Å². The van der Waals surface area contributed by atoms with Gasteiger partial charge in [-0.25, -0.2) is 0 Å². The summed E-state index contributed by atoms with van der Waals surface area (Å²) in [6.45, 7) is 3.21. The Labute approximate surface area is 117 Å². The second-order valence-corrected chi connectivity index (χ2v) is 5.69. The van der Waals surface area contributed by atoms with Crippen molar-refractivity contribution in [2.24, 2.45) is 13.0 Å². The number of hydrogen-bond acceptors (Lipinski definition) is 5. The Hall–Kier alpha value is -1.89. The van der Waals surface area contributed by atoms with E-state index in [0.717, 1.165) is 43.0 Å². The number of H-pyrrole nitrogens is 1. The van der Waals surface area contributed by atoms with Crippen LogP contribution in [0.15, 0.2) is 12.3 Å². The van der Waals surface area contributed by atoms with Crippen molar-refractivity contribution in [2.75, 3.05) is 24.5 Å². The van der Waals surface area contributed by atoms with Gasteiger partial charge in [-0.1, -0.05) is 0 Å². The molecule has 7 heteroatoms. The molecule has 0 radical (unpaired) electrons. The van der Waals surface area contributed by atoms with Gasteiger partial charge in [0.1, 0.15) is 5.69 Å². The maximum absolute atomic E-state index is 4.62.